The summed E-state index contributed by atoms with van der Waals surface area (Å²) in [7, 11) is 0. The Kier molecular flexibility index (Phi) is 5.25. The number of hydrogen-bond acceptors (Lipinski definition) is 2. The van der Waals surface area contributed by atoms with Gasteiger partial charge in [0.2, 0.25) is 0 Å². The average Bonchev–Trinajstić information content (AvgIpc) is 2.93. The average molecular weight is 326 g/mol. The summed E-state index contributed by atoms with van der Waals surface area (Å²) >= 11 is 3.37. The SMILES string of the molecule is CCN(C(=O)COc1ccc(Br)cc1)C1CCCC1. The number of rotatable bonds is 5. The Bertz CT molecular complexity index is 413. The maximum atomic E-state index is 12.2. The molecule has 1 saturated carbocycles. The van der Waals surface area contributed by atoms with Gasteiger partial charge in [-0.25, -0.2) is 0 Å². The maximum absolute atomic E-state index is 12.2. The van der Waals surface area contributed by atoms with E-state index in [-0.39, 0.29) is 12.5 Å². The van der Waals surface area contributed by atoms with Crippen LogP contribution >= 0.6 is 15.9 Å². The van der Waals surface area contributed by atoms with E-state index in [4.69, 9.17) is 4.74 Å². The molecule has 0 aliphatic heterocycles. The molecular formula is C15H20BrNO2. The number of amides is 1. The first-order valence-corrected chi connectivity index (χ1v) is 7.68. The Morgan fingerprint density at radius 2 is 1.95 bits per heavy atom. The van der Waals surface area contributed by atoms with E-state index >= 15 is 0 Å². The lowest BCUT2D eigenvalue weighted by molar-refractivity contribution is -0.135. The van der Waals surface area contributed by atoms with E-state index in [2.05, 4.69) is 15.9 Å². The molecule has 0 radical (unpaired) electrons. The van der Waals surface area contributed by atoms with Gasteiger partial charge in [-0.15, -0.1) is 0 Å². The quantitative estimate of drug-likeness (QED) is 0.827. The first kappa shape index (κ1) is 14.4. The molecule has 0 N–H and O–H groups in total. The lowest BCUT2D eigenvalue weighted by atomic mass is 10.2. The standard InChI is InChI=1S/C15H20BrNO2/c1-2-17(13-5-3-4-6-13)15(18)11-19-14-9-7-12(16)8-10-14/h7-10,13H,2-6,11H2,1H3. The van der Waals surface area contributed by atoms with Crippen LogP contribution < -0.4 is 4.74 Å². The Labute approximate surface area is 123 Å². The van der Waals surface area contributed by atoms with Gasteiger partial charge >= 0.3 is 0 Å². The van der Waals surface area contributed by atoms with Crippen LogP contribution in [0, 0.1) is 0 Å². The molecular weight excluding hydrogens is 306 g/mol. The first-order valence-electron chi connectivity index (χ1n) is 6.88. The summed E-state index contributed by atoms with van der Waals surface area (Å²) < 4.78 is 6.56. The Hall–Kier alpha value is -1.03. The molecule has 1 aromatic carbocycles. The number of benzene rings is 1. The van der Waals surface area contributed by atoms with Crippen LogP contribution in [0.3, 0.4) is 0 Å². The summed E-state index contributed by atoms with van der Waals surface area (Å²) in [4.78, 5) is 14.2. The van der Waals surface area contributed by atoms with Crippen LogP contribution in [0.15, 0.2) is 28.7 Å². The van der Waals surface area contributed by atoms with E-state index in [0.29, 0.717) is 6.04 Å². The van der Waals surface area contributed by atoms with E-state index < -0.39 is 0 Å². The highest BCUT2D eigenvalue weighted by atomic mass is 79.9. The molecule has 1 aliphatic rings. The van der Waals surface area contributed by atoms with E-state index in [9.17, 15) is 4.79 Å². The van der Waals surface area contributed by atoms with Gasteiger partial charge in [0.05, 0.1) is 0 Å². The molecule has 104 valence electrons. The van der Waals surface area contributed by atoms with Gasteiger partial charge in [0.15, 0.2) is 6.61 Å². The molecule has 3 nitrogen and oxygen atoms in total. The zero-order chi connectivity index (χ0) is 13.7. The second kappa shape index (κ2) is 6.94. The molecule has 0 aromatic heterocycles. The van der Waals surface area contributed by atoms with Crippen molar-refractivity contribution < 1.29 is 9.53 Å². The third-order valence-corrected chi connectivity index (χ3v) is 4.13. The van der Waals surface area contributed by atoms with Crippen molar-refractivity contribution in [2.24, 2.45) is 0 Å². The maximum Gasteiger partial charge on any atom is 0.260 e. The van der Waals surface area contributed by atoms with Gasteiger partial charge in [-0.2, -0.15) is 0 Å². The summed E-state index contributed by atoms with van der Waals surface area (Å²) in [5.74, 6) is 0.830. The molecule has 0 spiro atoms. The molecule has 0 atom stereocenters. The van der Waals surface area contributed by atoms with Crippen molar-refractivity contribution >= 4 is 21.8 Å². The minimum atomic E-state index is 0.0947. The Morgan fingerprint density at radius 3 is 2.53 bits per heavy atom. The van der Waals surface area contributed by atoms with Crippen LogP contribution in [-0.2, 0) is 4.79 Å². The zero-order valence-electron chi connectivity index (χ0n) is 11.3. The van der Waals surface area contributed by atoms with Crippen molar-refractivity contribution in [1.29, 1.82) is 0 Å². The van der Waals surface area contributed by atoms with Crippen molar-refractivity contribution in [2.75, 3.05) is 13.2 Å². The number of nitrogens with zero attached hydrogens (tertiary/aromatic N) is 1. The predicted octanol–water partition coefficient (Wildman–Crippen LogP) is 3.62. The van der Waals surface area contributed by atoms with Crippen LogP contribution in [0.1, 0.15) is 32.6 Å². The number of ether oxygens (including phenoxy) is 1. The Morgan fingerprint density at radius 1 is 1.32 bits per heavy atom. The van der Waals surface area contributed by atoms with Crippen molar-refractivity contribution in [3.05, 3.63) is 28.7 Å². The lowest BCUT2D eigenvalue weighted by Gasteiger charge is -2.27. The largest absolute Gasteiger partial charge is 0.484 e. The zero-order valence-corrected chi connectivity index (χ0v) is 12.9. The van der Waals surface area contributed by atoms with Crippen LogP contribution in [0.25, 0.3) is 0 Å². The number of likely N-dealkylation sites (N-methyl/N-ethyl adjacent to an activating group) is 1. The molecule has 1 aliphatic carbocycles. The van der Waals surface area contributed by atoms with Crippen LogP contribution in [0.2, 0.25) is 0 Å². The molecule has 19 heavy (non-hydrogen) atoms. The number of hydrogen-bond donors (Lipinski definition) is 0. The molecule has 0 unspecified atom stereocenters. The molecule has 1 amide bonds. The molecule has 0 heterocycles. The van der Waals surface area contributed by atoms with E-state index in [1.807, 2.05) is 36.1 Å². The van der Waals surface area contributed by atoms with Gasteiger partial charge in [0.1, 0.15) is 5.75 Å². The highest BCUT2D eigenvalue weighted by molar-refractivity contribution is 9.10. The fraction of sp³-hybridized carbons (Fsp3) is 0.533. The highest BCUT2D eigenvalue weighted by Gasteiger charge is 2.25. The third-order valence-electron chi connectivity index (χ3n) is 3.60. The van der Waals surface area contributed by atoms with Gasteiger partial charge in [-0.05, 0) is 44.0 Å². The fourth-order valence-electron chi connectivity index (χ4n) is 2.61. The molecule has 2 rings (SSSR count). The molecule has 0 bridgehead atoms. The van der Waals surface area contributed by atoms with Crippen LogP contribution in [0.5, 0.6) is 5.75 Å². The summed E-state index contributed by atoms with van der Waals surface area (Å²) in [6.45, 7) is 2.94. The predicted molar refractivity (Wildman–Crippen MR) is 79.3 cm³/mol. The molecule has 1 aromatic rings. The van der Waals surface area contributed by atoms with E-state index in [1.165, 1.54) is 12.8 Å². The minimum Gasteiger partial charge on any atom is -0.484 e. The normalized spacial score (nSPS) is 15.5. The molecule has 4 heteroatoms. The van der Waals surface area contributed by atoms with Crippen LogP contribution in [-0.4, -0.2) is 30.0 Å². The van der Waals surface area contributed by atoms with Gasteiger partial charge in [0, 0.05) is 17.1 Å². The van der Waals surface area contributed by atoms with Gasteiger partial charge in [-0.1, -0.05) is 28.8 Å². The van der Waals surface area contributed by atoms with E-state index in [0.717, 1.165) is 29.6 Å². The fourth-order valence-corrected chi connectivity index (χ4v) is 2.88. The lowest BCUT2D eigenvalue weighted by Crippen LogP contribution is -2.41. The Balaban J connectivity index is 1.86. The molecule has 1 fully saturated rings. The summed E-state index contributed by atoms with van der Waals surface area (Å²) in [5.41, 5.74) is 0. The molecule has 0 saturated heterocycles. The minimum absolute atomic E-state index is 0.0947. The number of carbonyl (C=O) groups is 1. The van der Waals surface area contributed by atoms with Crippen molar-refractivity contribution in [3.8, 4) is 5.75 Å². The topological polar surface area (TPSA) is 29.5 Å². The third kappa shape index (κ3) is 3.96. The highest BCUT2D eigenvalue weighted by Crippen LogP contribution is 2.23. The second-order valence-electron chi connectivity index (χ2n) is 4.86. The second-order valence-corrected chi connectivity index (χ2v) is 5.78. The number of halogens is 1. The van der Waals surface area contributed by atoms with Crippen molar-refractivity contribution in [2.45, 2.75) is 38.6 Å². The van der Waals surface area contributed by atoms with Crippen LogP contribution in [0.4, 0.5) is 0 Å². The van der Waals surface area contributed by atoms with Gasteiger partial charge in [-0.3, -0.25) is 4.79 Å². The first-order chi connectivity index (χ1) is 9.20. The van der Waals surface area contributed by atoms with Gasteiger partial charge < -0.3 is 9.64 Å². The van der Waals surface area contributed by atoms with Crippen molar-refractivity contribution in [3.63, 3.8) is 0 Å². The summed E-state index contributed by atoms with van der Waals surface area (Å²) in [6, 6.07) is 7.97. The monoisotopic (exact) mass is 325 g/mol. The number of carbonyl (C=O) groups excluding carboxylic acids is 1. The summed E-state index contributed by atoms with van der Waals surface area (Å²) in [6.07, 6.45) is 4.75. The van der Waals surface area contributed by atoms with E-state index in [1.54, 1.807) is 0 Å². The smallest absolute Gasteiger partial charge is 0.260 e. The van der Waals surface area contributed by atoms with Crippen molar-refractivity contribution in [1.82, 2.24) is 4.90 Å². The van der Waals surface area contributed by atoms with Gasteiger partial charge in [0.25, 0.3) is 5.91 Å². The summed E-state index contributed by atoms with van der Waals surface area (Å²) in [5, 5.41) is 0.